The Bertz CT molecular complexity index is 299. The lowest BCUT2D eigenvalue weighted by molar-refractivity contribution is -0.137. The van der Waals surface area contributed by atoms with Crippen molar-refractivity contribution in [2.45, 2.75) is 96.2 Å². The number of carbonyl (C=O) groups is 1. The second kappa shape index (κ2) is 11.8. The van der Waals surface area contributed by atoms with E-state index in [1.165, 1.54) is 44.9 Å². The van der Waals surface area contributed by atoms with E-state index in [4.69, 9.17) is 9.84 Å². The summed E-state index contributed by atoms with van der Waals surface area (Å²) in [7, 11) is 0. The van der Waals surface area contributed by atoms with Crippen LogP contribution < -0.4 is 0 Å². The number of hydrogen-bond acceptors (Lipinski definition) is 2. The third-order valence-electron chi connectivity index (χ3n) is 4.08. The summed E-state index contributed by atoms with van der Waals surface area (Å²) in [6.45, 7) is 2.23. The monoisotopic (exact) mass is 296 g/mol. The standard InChI is InChI=1S/C18H32O3/c1-2-3-4-5-7-10-13-16-17(21-16)14-11-8-6-9-12-15-18(19)20/h7,10,16-17H,2-6,8-9,11-15H2,1H3,(H,19,20)/b10-7+/t16-,17+/m0/s1. The van der Waals surface area contributed by atoms with Crippen LogP contribution in [0.3, 0.4) is 0 Å². The van der Waals surface area contributed by atoms with Crippen LogP contribution in [0.4, 0.5) is 0 Å². The summed E-state index contributed by atoms with van der Waals surface area (Å²) in [5, 5.41) is 8.54. The fraction of sp³-hybridized carbons (Fsp3) is 0.833. The van der Waals surface area contributed by atoms with Gasteiger partial charge in [-0.05, 0) is 32.1 Å². The molecule has 1 saturated heterocycles. The molecule has 0 unspecified atom stereocenters. The number of epoxide rings is 1. The van der Waals surface area contributed by atoms with Crippen LogP contribution in [0.2, 0.25) is 0 Å². The van der Waals surface area contributed by atoms with Crippen molar-refractivity contribution in [1.82, 2.24) is 0 Å². The summed E-state index contributed by atoms with van der Waals surface area (Å²) < 4.78 is 5.67. The minimum Gasteiger partial charge on any atom is -0.481 e. The number of carboxylic acid groups (broad SMARTS) is 1. The van der Waals surface area contributed by atoms with Crippen molar-refractivity contribution in [2.24, 2.45) is 0 Å². The molecule has 0 radical (unpaired) electrons. The lowest BCUT2D eigenvalue weighted by Crippen LogP contribution is -1.94. The van der Waals surface area contributed by atoms with E-state index in [0.29, 0.717) is 18.6 Å². The number of carboxylic acids is 1. The topological polar surface area (TPSA) is 49.8 Å². The van der Waals surface area contributed by atoms with Crippen LogP contribution in [0.15, 0.2) is 12.2 Å². The van der Waals surface area contributed by atoms with Gasteiger partial charge in [-0.15, -0.1) is 0 Å². The van der Waals surface area contributed by atoms with Gasteiger partial charge in [0, 0.05) is 6.42 Å². The molecule has 0 amide bonds. The summed E-state index contributed by atoms with van der Waals surface area (Å²) in [6, 6.07) is 0. The van der Waals surface area contributed by atoms with Gasteiger partial charge in [-0.2, -0.15) is 0 Å². The van der Waals surface area contributed by atoms with Crippen molar-refractivity contribution in [3.63, 3.8) is 0 Å². The summed E-state index contributed by atoms with van der Waals surface area (Å²) >= 11 is 0. The first-order valence-corrected chi connectivity index (χ1v) is 8.76. The number of ether oxygens (including phenoxy) is 1. The minimum atomic E-state index is -0.674. The van der Waals surface area contributed by atoms with Crippen LogP contribution in [0, 0.1) is 0 Å². The first kappa shape index (κ1) is 18.2. The largest absolute Gasteiger partial charge is 0.481 e. The van der Waals surface area contributed by atoms with Gasteiger partial charge in [-0.3, -0.25) is 4.79 Å². The van der Waals surface area contributed by atoms with Crippen LogP contribution >= 0.6 is 0 Å². The van der Waals surface area contributed by atoms with Crippen molar-refractivity contribution in [3.8, 4) is 0 Å². The zero-order valence-corrected chi connectivity index (χ0v) is 13.6. The Kier molecular flexibility index (Phi) is 10.2. The molecule has 0 aromatic heterocycles. The maximum absolute atomic E-state index is 10.4. The van der Waals surface area contributed by atoms with Crippen LogP contribution in [0.1, 0.15) is 84.0 Å². The van der Waals surface area contributed by atoms with E-state index in [1.54, 1.807) is 0 Å². The second-order valence-corrected chi connectivity index (χ2v) is 6.12. The van der Waals surface area contributed by atoms with Crippen LogP contribution in [-0.2, 0) is 9.53 Å². The normalized spacial score (nSPS) is 21.0. The predicted molar refractivity (Wildman–Crippen MR) is 86.5 cm³/mol. The number of allylic oxidation sites excluding steroid dienone is 1. The third-order valence-corrected chi connectivity index (χ3v) is 4.08. The summed E-state index contributed by atoms with van der Waals surface area (Å²) in [4.78, 5) is 10.4. The van der Waals surface area contributed by atoms with Gasteiger partial charge in [0.1, 0.15) is 0 Å². The highest BCUT2D eigenvalue weighted by Crippen LogP contribution is 2.30. The second-order valence-electron chi connectivity index (χ2n) is 6.12. The van der Waals surface area contributed by atoms with Gasteiger partial charge in [-0.1, -0.05) is 57.6 Å². The maximum atomic E-state index is 10.4. The van der Waals surface area contributed by atoms with E-state index in [9.17, 15) is 4.79 Å². The molecule has 0 aliphatic carbocycles. The molecule has 3 nitrogen and oxygen atoms in total. The smallest absolute Gasteiger partial charge is 0.303 e. The molecule has 2 atom stereocenters. The molecule has 0 bridgehead atoms. The van der Waals surface area contributed by atoms with Crippen LogP contribution in [0.25, 0.3) is 0 Å². The molecule has 1 N–H and O–H groups in total. The molecule has 1 fully saturated rings. The van der Waals surface area contributed by atoms with Crippen LogP contribution in [-0.4, -0.2) is 23.3 Å². The van der Waals surface area contributed by atoms with Crippen molar-refractivity contribution in [2.75, 3.05) is 0 Å². The molecule has 3 heteroatoms. The van der Waals surface area contributed by atoms with E-state index >= 15 is 0 Å². The minimum absolute atomic E-state index is 0.318. The van der Waals surface area contributed by atoms with Gasteiger partial charge < -0.3 is 9.84 Å². The predicted octanol–water partition coefficient (Wildman–Crippen LogP) is 5.10. The van der Waals surface area contributed by atoms with Crippen LogP contribution in [0.5, 0.6) is 0 Å². The number of unbranched alkanes of at least 4 members (excludes halogenated alkanes) is 7. The number of rotatable bonds is 14. The van der Waals surface area contributed by atoms with Gasteiger partial charge in [0.2, 0.25) is 0 Å². The molecule has 0 aromatic carbocycles. The molecule has 0 saturated carbocycles. The third kappa shape index (κ3) is 10.5. The van der Waals surface area contributed by atoms with Gasteiger partial charge in [0.25, 0.3) is 0 Å². The lowest BCUT2D eigenvalue weighted by atomic mass is 10.1. The Morgan fingerprint density at radius 3 is 2.52 bits per heavy atom. The van der Waals surface area contributed by atoms with E-state index < -0.39 is 5.97 Å². The Morgan fingerprint density at radius 2 is 1.76 bits per heavy atom. The van der Waals surface area contributed by atoms with Gasteiger partial charge in [-0.25, -0.2) is 0 Å². The first-order chi connectivity index (χ1) is 10.2. The molecule has 0 aromatic rings. The lowest BCUT2D eigenvalue weighted by Gasteiger charge is -1.99. The molecule has 21 heavy (non-hydrogen) atoms. The Morgan fingerprint density at radius 1 is 1.00 bits per heavy atom. The maximum Gasteiger partial charge on any atom is 0.303 e. The SMILES string of the molecule is CCCCC/C=C/C[C@@H]1O[C@@H]1CCCCCCCC(=O)O. The highest BCUT2D eigenvalue weighted by molar-refractivity contribution is 5.66. The summed E-state index contributed by atoms with van der Waals surface area (Å²) in [5.74, 6) is -0.674. The Labute approximate surface area is 129 Å². The molecule has 1 aliphatic rings. The fourth-order valence-corrected chi connectivity index (χ4v) is 2.65. The average Bonchev–Trinajstić information content (AvgIpc) is 3.20. The molecule has 1 heterocycles. The molecule has 0 spiro atoms. The van der Waals surface area contributed by atoms with Crippen molar-refractivity contribution >= 4 is 5.97 Å². The van der Waals surface area contributed by atoms with Crippen molar-refractivity contribution in [1.29, 1.82) is 0 Å². The molecular formula is C18H32O3. The highest BCUT2D eigenvalue weighted by atomic mass is 16.6. The van der Waals surface area contributed by atoms with Gasteiger partial charge in [0.15, 0.2) is 0 Å². The van der Waals surface area contributed by atoms with E-state index in [0.717, 1.165) is 25.7 Å². The van der Waals surface area contributed by atoms with E-state index in [-0.39, 0.29) is 0 Å². The molecule has 122 valence electrons. The zero-order valence-electron chi connectivity index (χ0n) is 13.6. The van der Waals surface area contributed by atoms with E-state index in [1.807, 2.05) is 0 Å². The first-order valence-electron chi connectivity index (χ1n) is 8.76. The molecular weight excluding hydrogens is 264 g/mol. The van der Waals surface area contributed by atoms with E-state index in [2.05, 4.69) is 19.1 Å². The van der Waals surface area contributed by atoms with Crippen molar-refractivity contribution in [3.05, 3.63) is 12.2 Å². The zero-order chi connectivity index (χ0) is 15.3. The quantitative estimate of drug-likeness (QED) is 0.276. The number of aliphatic carboxylic acids is 1. The van der Waals surface area contributed by atoms with Gasteiger partial charge in [0.05, 0.1) is 12.2 Å². The molecule has 1 rings (SSSR count). The Hall–Kier alpha value is -0.830. The average molecular weight is 296 g/mol. The Balaban J connectivity index is 1.83. The summed E-state index contributed by atoms with van der Waals surface area (Å²) in [6.07, 6.45) is 18.7. The summed E-state index contributed by atoms with van der Waals surface area (Å²) in [5.41, 5.74) is 0. The van der Waals surface area contributed by atoms with Gasteiger partial charge >= 0.3 is 5.97 Å². The van der Waals surface area contributed by atoms with Crippen molar-refractivity contribution < 1.29 is 14.6 Å². The number of hydrogen-bond donors (Lipinski definition) is 1. The fourth-order valence-electron chi connectivity index (χ4n) is 2.65. The molecule has 1 aliphatic heterocycles. The highest BCUT2D eigenvalue weighted by Gasteiger charge is 2.36.